The molecule has 104 valence electrons. The minimum absolute atomic E-state index is 0.100. The highest BCUT2D eigenvalue weighted by atomic mass is 16.4. The lowest BCUT2D eigenvalue weighted by Gasteiger charge is -2.23. The fourth-order valence-electron chi connectivity index (χ4n) is 1.54. The van der Waals surface area contributed by atoms with Crippen LogP contribution < -0.4 is 10.2 Å². The first-order chi connectivity index (χ1) is 8.82. The highest BCUT2D eigenvalue weighted by Crippen LogP contribution is 2.17. The lowest BCUT2D eigenvalue weighted by atomic mass is 10.1. The van der Waals surface area contributed by atoms with Gasteiger partial charge in [0.2, 0.25) is 0 Å². The zero-order valence-electron chi connectivity index (χ0n) is 11.1. The molecule has 0 saturated carbocycles. The Morgan fingerprint density at radius 3 is 2.16 bits per heavy atom. The molecule has 0 aliphatic heterocycles. The van der Waals surface area contributed by atoms with Crippen LogP contribution in [0.5, 0.6) is 5.75 Å². The topological polar surface area (TPSA) is 89.9 Å². The molecule has 1 unspecified atom stereocenters. The molecule has 6 heteroatoms. The lowest BCUT2D eigenvalue weighted by molar-refractivity contribution is -0.140. The number of hydrogen-bond acceptors (Lipinski definition) is 3. The van der Waals surface area contributed by atoms with Crippen molar-refractivity contribution in [2.75, 3.05) is 11.9 Å². The number of carboxylic acid groups (broad SMARTS) is 1. The summed E-state index contributed by atoms with van der Waals surface area (Å²) >= 11 is 0. The van der Waals surface area contributed by atoms with Crippen LogP contribution in [0.25, 0.3) is 0 Å². The number of urea groups is 1. The van der Waals surface area contributed by atoms with Gasteiger partial charge in [0.25, 0.3) is 0 Å². The molecule has 0 fully saturated rings. The number of nitrogens with zero attached hydrogens (tertiary/aromatic N) is 1. The Morgan fingerprint density at radius 2 is 1.74 bits per heavy atom. The highest BCUT2D eigenvalue weighted by molar-refractivity contribution is 5.94. The third-order valence-electron chi connectivity index (χ3n) is 2.75. The number of phenols is 1. The molecule has 1 rings (SSSR count). The Labute approximate surface area is 111 Å². The maximum Gasteiger partial charge on any atom is 0.326 e. The zero-order chi connectivity index (χ0) is 14.6. The molecular formula is C13H18N2O4. The molecule has 1 aromatic rings. The summed E-state index contributed by atoms with van der Waals surface area (Å²) in [7, 11) is 1.53. The minimum Gasteiger partial charge on any atom is -0.508 e. The van der Waals surface area contributed by atoms with Crippen molar-refractivity contribution in [1.82, 2.24) is 5.32 Å². The minimum atomic E-state index is -1.07. The van der Waals surface area contributed by atoms with Crippen molar-refractivity contribution in [2.24, 2.45) is 5.92 Å². The Bertz CT molecular complexity index is 456. The normalized spacial score (nSPS) is 12.0. The van der Waals surface area contributed by atoms with Crippen molar-refractivity contribution in [2.45, 2.75) is 19.9 Å². The van der Waals surface area contributed by atoms with Crippen LogP contribution in [-0.4, -0.2) is 35.3 Å². The van der Waals surface area contributed by atoms with E-state index in [1.54, 1.807) is 26.0 Å². The molecule has 0 aliphatic carbocycles. The first kappa shape index (κ1) is 14.8. The number of carbonyl (C=O) groups is 2. The van der Waals surface area contributed by atoms with Crippen LogP contribution in [-0.2, 0) is 4.79 Å². The Morgan fingerprint density at radius 1 is 1.21 bits per heavy atom. The molecule has 0 saturated heterocycles. The molecule has 0 spiro atoms. The predicted molar refractivity (Wildman–Crippen MR) is 71.3 cm³/mol. The van der Waals surface area contributed by atoms with Crippen LogP contribution in [0.3, 0.4) is 0 Å². The molecule has 0 aliphatic rings. The number of hydrogen-bond donors (Lipinski definition) is 3. The maximum absolute atomic E-state index is 11.9. The van der Waals surface area contributed by atoms with Gasteiger partial charge in [-0.15, -0.1) is 0 Å². The monoisotopic (exact) mass is 266 g/mol. The summed E-state index contributed by atoms with van der Waals surface area (Å²) in [6, 6.07) is 4.60. The van der Waals surface area contributed by atoms with Crippen LogP contribution in [0.1, 0.15) is 13.8 Å². The molecule has 6 nitrogen and oxygen atoms in total. The number of rotatable bonds is 4. The second kappa shape index (κ2) is 6.08. The van der Waals surface area contributed by atoms with Gasteiger partial charge in [0.05, 0.1) is 0 Å². The third-order valence-corrected chi connectivity index (χ3v) is 2.75. The summed E-state index contributed by atoms with van der Waals surface area (Å²) < 4.78 is 0. The van der Waals surface area contributed by atoms with Gasteiger partial charge in [0, 0.05) is 12.7 Å². The van der Waals surface area contributed by atoms with Gasteiger partial charge in [-0.1, -0.05) is 13.8 Å². The quantitative estimate of drug-likeness (QED) is 0.773. The van der Waals surface area contributed by atoms with E-state index in [1.165, 1.54) is 24.1 Å². The van der Waals surface area contributed by atoms with Crippen LogP contribution in [0.4, 0.5) is 10.5 Å². The number of phenolic OH excluding ortho intramolecular Hbond substituents is 1. The van der Waals surface area contributed by atoms with Gasteiger partial charge in [0.1, 0.15) is 11.8 Å². The predicted octanol–water partition coefficient (Wildman–Crippen LogP) is 1.65. The van der Waals surface area contributed by atoms with Crippen LogP contribution >= 0.6 is 0 Å². The Hall–Kier alpha value is -2.24. The fraction of sp³-hybridized carbons (Fsp3) is 0.385. The highest BCUT2D eigenvalue weighted by Gasteiger charge is 2.25. The first-order valence-electron chi connectivity index (χ1n) is 5.89. The van der Waals surface area contributed by atoms with Gasteiger partial charge in [-0.2, -0.15) is 0 Å². The Kier molecular flexibility index (Phi) is 4.74. The number of carbonyl (C=O) groups excluding carboxylic acids is 1. The van der Waals surface area contributed by atoms with Crippen molar-refractivity contribution in [3.8, 4) is 5.75 Å². The number of carboxylic acids is 1. The van der Waals surface area contributed by atoms with E-state index in [-0.39, 0.29) is 11.7 Å². The van der Waals surface area contributed by atoms with Gasteiger partial charge in [-0.05, 0) is 30.2 Å². The average Bonchev–Trinajstić information content (AvgIpc) is 2.34. The first-order valence-corrected chi connectivity index (χ1v) is 5.89. The molecular weight excluding hydrogens is 248 g/mol. The second-order valence-electron chi connectivity index (χ2n) is 4.58. The van der Waals surface area contributed by atoms with E-state index in [9.17, 15) is 14.7 Å². The van der Waals surface area contributed by atoms with Gasteiger partial charge in [-0.3, -0.25) is 4.90 Å². The van der Waals surface area contributed by atoms with E-state index in [0.717, 1.165) is 0 Å². The van der Waals surface area contributed by atoms with E-state index >= 15 is 0 Å². The van der Waals surface area contributed by atoms with E-state index in [0.29, 0.717) is 5.69 Å². The van der Waals surface area contributed by atoms with E-state index in [2.05, 4.69) is 5.32 Å². The summed E-state index contributed by atoms with van der Waals surface area (Å²) in [5.41, 5.74) is 0.559. The van der Waals surface area contributed by atoms with Gasteiger partial charge in [-0.25, -0.2) is 9.59 Å². The summed E-state index contributed by atoms with van der Waals surface area (Å²) in [5.74, 6) is -1.18. The average molecular weight is 266 g/mol. The Balaban J connectivity index is 2.77. The summed E-state index contributed by atoms with van der Waals surface area (Å²) in [6.45, 7) is 3.44. The van der Waals surface area contributed by atoms with Crippen LogP contribution in [0.2, 0.25) is 0 Å². The standard InChI is InChI=1S/C13H18N2O4/c1-8(2)11(12(17)18)14-13(19)15(3)9-4-6-10(16)7-5-9/h4-8,11,16H,1-3H3,(H,14,19)(H,17,18). The summed E-state index contributed by atoms with van der Waals surface area (Å²) in [5, 5.41) is 20.6. The second-order valence-corrected chi connectivity index (χ2v) is 4.58. The number of nitrogens with one attached hydrogen (secondary N) is 1. The molecule has 0 bridgehead atoms. The van der Waals surface area contributed by atoms with Crippen molar-refractivity contribution in [3.05, 3.63) is 24.3 Å². The SMILES string of the molecule is CC(C)C(NC(=O)N(C)c1ccc(O)cc1)C(=O)O. The molecule has 2 amide bonds. The van der Waals surface area contributed by atoms with Crippen LogP contribution in [0, 0.1) is 5.92 Å². The van der Waals surface area contributed by atoms with Crippen molar-refractivity contribution in [1.29, 1.82) is 0 Å². The fourth-order valence-corrected chi connectivity index (χ4v) is 1.54. The number of amides is 2. The molecule has 1 aromatic carbocycles. The van der Waals surface area contributed by atoms with Gasteiger partial charge < -0.3 is 15.5 Å². The van der Waals surface area contributed by atoms with Crippen molar-refractivity contribution in [3.63, 3.8) is 0 Å². The number of anilines is 1. The van der Waals surface area contributed by atoms with Gasteiger partial charge >= 0.3 is 12.0 Å². The summed E-state index contributed by atoms with van der Waals surface area (Å²) in [4.78, 5) is 24.2. The number of aliphatic carboxylic acids is 1. The van der Waals surface area contributed by atoms with Crippen molar-refractivity contribution < 1.29 is 19.8 Å². The maximum atomic E-state index is 11.9. The number of aromatic hydroxyl groups is 1. The van der Waals surface area contributed by atoms with E-state index in [1.807, 2.05) is 0 Å². The molecule has 3 N–H and O–H groups in total. The lowest BCUT2D eigenvalue weighted by Crippen LogP contribution is -2.49. The van der Waals surface area contributed by atoms with E-state index in [4.69, 9.17) is 5.11 Å². The number of benzene rings is 1. The zero-order valence-corrected chi connectivity index (χ0v) is 11.1. The van der Waals surface area contributed by atoms with Crippen LogP contribution in [0.15, 0.2) is 24.3 Å². The van der Waals surface area contributed by atoms with Gasteiger partial charge in [0.15, 0.2) is 0 Å². The molecule has 0 aromatic heterocycles. The molecule has 0 heterocycles. The summed E-state index contributed by atoms with van der Waals surface area (Å²) in [6.07, 6.45) is 0. The third kappa shape index (κ3) is 3.87. The molecule has 0 radical (unpaired) electrons. The molecule has 1 atom stereocenters. The smallest absolute Gasteiger partial charge is 0.326 e. The van der Waals surface area contributed by atoms with E-state index < -0.39 is 18.0 Å². The largest absolute Gasteiger partial charge is 0.508 e. The van der Waals surface area contributed by atoms with Crippen molar-refractivity contribution >= 4 is 17.7 Å². The molecule has 19 heavy (non-hydrogen) atoms.